The third-order valence-corrected chi connectivity index (χ3v) is 3.89. The highest BCUT2D eigenvalue weighted by Crippen LogP contribution is 2.19. The van der Waals surface area contributed by atoms with E-state index in [1.165, 1.54) is 0 Å². The number of thiocarbonyl (C=S) groups is 1. The average Bonchev–Trinajstić information content (AvgIpc) is 2.59. The zero-order valence-corrected chi connectivity index (χ0v) is 15.6. The normalized spacial score (nSPS) is 10.2. The fourth-order valence-electron chi connectivity index (χ4n) is 2.21. The number of carbonyl (C=O) groups excluding carboxylic acids is 1. The van der Waals surface area contributed by atoms with E-state index in [1.54, 1.807) is 36.4 Å². The van der Waals surface area contributed by atoms with Crippen molar-refractivity contribution in [1.29, 1.82) is 0 Å². The topological polar surface area (TPSA) is 50.4 Å². The van der Waals surface area contributed by atoms with Gasteiger partial charge in [0.15, 0.2) is 5.11 Å². The second-order valence-electron chi connectivity index (χ2n) is 5.47. The molecule has 2 aromatic rings. The molecule has 0 heterocycles. The van der Waals surface area contributed by atoms with E-state index in [0.29, 0.717) is 28.6 Å². The monoisotopic (exact) mass is 376 g/mol. The fraction of sp³-hybridized carbons (Fsp3) is 0.263. The van der Waals surface area contributed by atoms with E-state index in [-0.39, 0.29) is 11.0 Å². The summed E-state index contributed by atoms with van der Waals surface area (Å²) in [5, 5.41) is 6.39. The van der Waals surface area contributed by atoms with Gasteiger partial charge in [-0.05, 0) is 49.0 Å². The second kappa shape index (κ2) is 10.0. The molecule has 0 aliphatic carbocycles. The van der Waals surface area contributed by atoms with Gasteiger partial charge >= 0.3 is 0 Å². The van der Waals surface area contributed by atoms with Gasteiger partial charge in [-0.1, -0.05) is 49.6 Å². The minimum Gasteiger partial charge on any atom is -0.493 e. The summed E-state index contributed by atoms with van der Waals surface area (Å²) < 4.78 is 5.73. The predicted molar refractivity (Wildman–Crippen MR) is 107 cm³/mol. The van der Waals surface area contributed by atoms with Crippen LogP contribution < -0.4 is 15.4 Å². The van der Waals surface area contributed by atoms with Crippen molar-refractivity contribution in [3.63, 3.8) is 0 Å². The van der Waals surface area contributed by atoms with Crippen LogP contribution in [-0.2, 0) is 0 Å². The number of amides is 1. The van der Waals surface area contributed by atoms with E-state index >= 15 is 0 Å². The Kier molecular flexibility index (Phi) is 7.70. The summed E-state index contributed by atoms with van der Waals surface area (Å²) in [4.78, 5) is 12.5. The van der Waals surface area contributed by atoms with Gasteiger partial charge in [0, 0.05) is 10.7 Å². The van der Waals surface area contributed by atoms with Crippen LogP contribution in [-0.4, -0.2) is 17.6 Å². The molecule has 2 aromatic carbocycles. The molecule has 2 rings (SSSR count). The zero-order chi connectivity index (χ0) is 18.1. The molecule has 0 bridgehead atoms. The molecule has 0 aromatic heterocycles. The number of rotatable bonds is 7. The van der Waals surface area contributed by atoms with E-state index in [1.807, 2.05) is 12.1 Å². The molecule has 0 aliphatic heterocycles. The molecular weight excluding hydrogens is 356 g/mol. The number of para-hydroxylation sites is 1. The quantitative estimate of drug-likeness (QED) is 0.525. The van der Waals surface area contributed by atoms with Crippen LogP contribution in [0.25, 0.3) is 0 Å². The third-order valence-electron chi connectivity index (χ3n) is 3.45. The zero-order valence-electron chi connectivity index (χ0n) is 14.0. The van der Waals surface area contributed by atoms with Crippen molar-refractivity contribution < 1.29 is 9.53 Å². The number of carbonyl (C=O) groups is 1. The first-order valence-corrected chi connectivity index (χ1v) is 8.98. The Morgan fingerprint density at radius 3 is 2.72 bits per heavy atom. The minimum atomic E-state index is -0.314. The van der Waals surface area contributed by atoms with Crippen LogP contribution in [0.3, 0.4) is 0 Å². The van der Waals surface area contributed by atoms with Gasteiger partial charge in [-0.2, -0.15) is 0 Å². The van der Waals surface area contributed by atoms with Crippen LogP contribution in [0, 0.1) is 0 Å². The van der Waals surface area contributed by atoms with Crippen molar-refractivity contribution in [1.82, 2.24) is 5.32 Å². The summed E-state index contributed by atoms with van der Waals surface area (Å²) in [5.41, 5.74) is 1.16. The van der Waals surface area contributed by atoms with Crippen molar-refractivity contribution in [3.05, 3.63) is 59.1 Å². The standard InChI is InChI=1S/C19H21ClN2O2S/c1-2-3-6-12-24-17-11-5-4-10-16(17)18(23)22-19(25)21-15-9-7-8-14(20)13-15/h4-5,7-11,13H,2-3,6,12H2,1H3,(H2,21,22,23,25). The summed E-state index contributed by atoms with van der Waals surface area (Å²) in [7, 11) is 0. The van der Waals surface area contributed by atoms with E-state index < -0.39 is 0 Å². The summed E-state index contributed by atoms with van der Waals surface area (Å²) in [6.45, 7) is 2.72. The van der Waals surface area contributed by atoms with E-state index in [4.69, 9.17) is 28.6 Å². The van der Waals surface area contributed by atoms with Crippen LogP contribution in [0.5, 0.6) is 5.75 Å². The third kappa shape index (κ3) is 6.36. The number of benzene rings is 2. The van der Waals surface area contributed by atoms with Gasteiger partial charge in [-0.15, -0.1) is 0 Å². The number of nitrogens with one attached hydrogen (secondary N) is 2. The highest BCUT2D eigenvalue weighted by molar-refractivity contribution is 7.80. The van der Waals surface area contributed by atoms with Crippen LogP contribution in [0.15, 0.2) is 48.5 Å². The largest absolute Gasteiger partial charge is 0.493 e. The lowest BCUT2D eigenvalue weighted by Gasteiger charge is -2.13. The van der Waals surface area contributed by atoms with Crippen molar-refractivity contribution >= 4 is 40.5 Å². The molecule has 0 saturated carbocycles. The molecular formula is C19H21ClN2O2S. The first-order valence-electron chi connectivity index (χ1n) is 8.20. The number of ether oxygens (including phenoxy) is 1. The Hall–Kier alpha value is -2.11. The summed E-state index contributed by atoms with van der Waals surface area (Å²) in [6, 6.07) is 14.2. The maximum absolute atomic E-state index is 12.5. The molecule has 0 fully saturated rings. The molecule has 6 heteroatoms. The minimum absolute atomic E-state index is 0.202. The molecule has 0 aliphatic rings. The van der Waals surface area contributed by atoms with Gasteiger partial charge in [0.05, 0.1) is 12.2 Å². The Balaban J connectivity index is 1.96. The van der Waals surface area contributed by atoms with E-state index in [2.05, 4.69) is 17.6 Å². The van der Waals surface area contributed by atoms with Crippen LogP contribution in [0.4, 0.5) is 5.69 Å². The number of halogens is 1. The van der Waals surface area contributed by atoms with Crippen LogP contribution in [0.2, 0.25) is 5.02 Å². The van der Waals surface area contributed by atoms with Crippen molar-refractivity contribution in [3.8, 4) is 5.75 Å². The molecule has 25 heavy (non-hydrogen) atoms. The first-order chi connectivity index (χ1) is 12.1. The molecule has 0 atom stereocenters. The molecule has 2 N–H and O–H groups in total. The molecule has 132 valence electrons. The van der Waals surface area contributed by atoms with E-state index in [0.717, 1.165) is 19.3 Å². The van der Waals surface area contributed by atoms with Gasteiger partial charge in [-0.25, -0.2) is 0 Å². The number of hydrogen-bond donors (Lipinski definition) is 2. The summed E-state index contributed by atoms with van der Waals surface area (Å²) in [6.07, 6.45) is 3.18. The van der Waals surface area contributed by atoms with Gasteiger partial charge in [0.2, 0.25) is 0 Å². The Morgan fingerprint density at radius 1 is 1.16 bits per heavy atom. The van der Waals surface area contributed by atoms with Crippen molar-refractivity contribution in [2.24, 2.45) is 0 Å². The highest BCUT2D eigenvalue weighted by Gasteiger charge is 2.13. The molecule has 1 amide bonds. The Bertz CT molecular complexity index is 737. The molecule has 0 radical (unpaired) electrons. The lowest BCUT2D eigenvalue weighted by atomic mass is 10.2. The van der Waals surface area contributed by atoms with E-state index in [9.17, 15) is 4.79 Å². The maximum atomic E-state index is 12.5. The van der Waals surface area contributed by atoms with Crippen LogP contribution >= 0.6 is 23.8 Å². The summed E-state index contributed by atoms with van der Waals surface area (Å²) in [5.74, 6) is 0.243. The highest BCUT2D eigenvalue weighted by atomic mass is 35.5. The molecule has 0 saturated heterocycles. The number of hydrogen-bond acceptors (Lipinski definition) is 3. The lowest BCUT2D eigenvalue weighted by Crippen LogP contribution is -2.34. The second-order valence-corrected chi connectivity index (χ2v) is 6.32. The van der Waals surface area contributed by atoms with Crippen molar-refractivity contribution in [2.75, 3.05) is 11.9 Å². The van der Waals surface area contributed by atoms with Gasteiger partial charge in [0.1, 0.15) is 5.75 Å². The van der Waals surface area contributed by atoms with Crippen molar-refractivity contribution in [2.45, 2.75) is 26.2 Å². The molecule has 4 nitrogen and oxygen atoms in total. The SMILES string of the molecule is CCCCCOc1ccccc1C(=O)NC(=S)Nc1cccc(Cl)c1. The maximum Gasteiger partial charge on any atom is 0.261 e. The van der Waals surface area contributed by atoms with Crippen LogP contribution in [0.1, 0.15) is 36.5 Å². The van der Waals surface area contributed by atoms with Gasteiger partial charge in [0.25, 0.3) is 5.91 Å². The Labute approximate surface area is 158 Å². The first kappa shape index (κ1) is 19.2. The smallest absolute Gasteiger partial charge is 0.261 e. The predicted octanol–water partition coefficient (Wildman–Crippen LogP) is 5.04. The molecule has 0 spiro atoms. The number of anilines is 1. The van der Waals surface area contributed by atoms with Gasteiger partial charge < -0.3 is 10.1 Å². The lowest BCUT2D eigenvalue weighted by molar-refractivity contribution is 0.0973. The summed E-state index contributed by atoms with van der Waals surface area (Å²) >= 11 is 11.1. The fourth-order valence-corrected chi connectivity index (χ4v) is 2.61. The number of unbranched alkanes of at least 4 members (excludes halogenated alkanes) is 2. The molecule has 0 unspecified atom stereocenters. The average molecular weight is 377 g/mol. The van der Waals surface area contributed by atoms with Gasteiger partial charge in [-0.3, -0.25) is 10.1 Å². The Morgan fingerprint density at radius 2 is 1.96 bits per heavy atom.